The molecule has 92 valence electrons. The van der Waals surface area contributed by atoms with Crippen LogP contribution in [0.25, 0.3) is 10.9 Å². The molecule has 0 aliphatic rings. The quantitative estimate of drug-likeness (QED) is 0.607. The molecule has 0 saturated carbocycles. The van der Waals surface area contributed by atoms with Crippen LogP contribution in [0.3, 0.4) is 0 Å². The molecule has 0 unspecified atom stereocenters. The molecule has 0 aliphatic heterocycles. The summed E-state index contributed by atoms with van der Waals surface area (Å²) in [5.74, 6) is 0. The number of rotatable bonds is 3. The van der Waals surface area contributed by atoms with E-state index in [0.717, 1.165) is 23.5 Å². The molecule has 0 aliphatic carbocycles. The summed E-state index contributed by atoms with van der Waals surface area (Å²) in [5, 5.41) is 5.41. The molecule has 0 fully saturated rings. The fraction of sp³-hybridized carbons (Fsp3) is 0.308. The first-order valence-electron chi connectivity index (χ1n) is 5.54. The highest BCUT2D eigenvalue weighted by Gasteiger charge is 2.09. The highest BCUT2D eigenvalue weighted by atomic mass is 127. The van der Waals surface area contributed by atoms with Crippen LogP contribution < -0.4 is 33.9 Å². The number of aromatic nitrogens is 1. The van der Waals surface area contributed by atoms with Crippen LogP contribution in [0.15, 0.2) is 30.5 Å². The van der Waals surface area contributed by atoms with Crippen molar-refractivity contribution in [2.45, 2.75) is 13.3 Å². The van der Waals surface area contributed by atoms with Crippen LogP contribution in [-0.2, 0) is 7.05 Å². The van der Waals surface area contributed by atoms with Gasteiger partial charge in [0.1, 0.15) is 7.05 Å². The minimum absolute atomic E-state index is 0. The van der Waals surface area contributed by atoms with E-state index in [2.05, 4.69) is 35.1 Å². The van der Waals surface area contributed by atoms with Crippen LogP contribution in [-0.4, -0.2) is 6.54 Å². The number of anilines is 1. The van der Waals surface area contributed by atoms with E-state index < -0.39 is 0 Å². The van der Waals surface area contributed by atoms with Crippen LogP contribution in [0.2, 0.25) is 5.02 Å². The molecule has 0 amide bonds. The van der Waals surface area contributed by atoms with Gasteiger partial charge in [-0.2, -0.15) is 0 Å². The molecule has 1 aromatic heterocycles. The molecule has 1 heterocycles. The average Bonchev–Trinajstić information content (AvgIpc) is 2.29. The Morgan fingerprint density at radius 3 is 2.76 bits per heavy atom. The van der Waals surface area contributed by atoms with E-state index in [9.17, 15) is 0 Å². The molecule has 0 spiro atoms. The second-order valence-corrected chi connectivity index (χ2v) is 4.37. The molecule has 2 rings (SSSR count). The first-order chi connectivity index (χ1) is 7.72. The second kappa shape index (κ2) is 6.40. The number of halogens is 2. The lowest BCUT2D eigenvalue weighted by atomic mass is 10.2. The number of benzene rings is 1. The number of aryl methyl sites for hydroxylation is 1. The fourth-order valence-corrected chi connectivity index (χ4v) is 1.96. The van der Waals surface area contributed by atoms with Gasteiger partial charge in [-0.1, -0.05) is 18.5 Å². The maximum atomic E-state index is 6.01. The van der Waals surface area contributed by atoms with Crippen LogP contribution in [0.1, 0.15) is 13.3 Å². The highest BCUT2D eigenvalue weighted by Crippen LogP contribution is 2.23. The van der Waals surface area contributed by atoms with E-state index in [0.29, 0.717) is 0 Å². The van der Waals surface area contributed by atoms with E-state index in [4.69, 9.17) is 11.6 Å². The molecule has 1 aromatic carbocycles. The Balaban J connectivity index is 0.00000144. The summed E-state index contributed by atoms with van der Waals surface area (Å²) < 4.78 is 2.08. The van der Waals surface area contributed by atoms with Crippen molar-refractivity contribution < 1.29 is 28.5 Å². The Labute approximate surface area is 124 Å². The largest absolute Gasteiger partial charge is 1.00 e. The van der Waals surface area contributed by atoms with Gasteiger partial charge < -0.3 is 29.3 Å². The van der Waals surface area contributed by atoms with E-state index in [-0.39, 0.29) is 24.0 Å². The van der Waals surface area contributed by atoms with Crippen LogP contribution >= 0.6 is 11.6 Å². The second-order valence-electron chi connectivity index (χ2n) is 3.93. The van der Waals surface area contributed by atoms with Gasteiger partial charge in [-0.05, 0) is 18.6 Å². The molecule has 0 atom stereocenters. The SMILES string of the molecule is CCCNc1cc[n+](C)c2cc(Cl)ccc12.[I-]. The van der Waals surface area contributed by atoms with Crippen molar-refractivity contribution in [2.24, 2.45) is 7.05 Å². The van der Waals surface area contributed by atoms with Crippen molar-refractivity contribution in [2.75, 3.05) is 11.9 Å². The number of nitrogens with one attached hydrogen (secondary N) is 1. The lowest BCUT2D eigenvalue weighted by Gasteiger charge is -2.07. The zero-order valence-electron chi connectivity index (χ0n) is 10.0. The molecule has 2 nitrogen and oxygen atoms in total. The van der Waals surface area contributed by atoms with E-state index in [1.54, 1.807) is 0 Å². The first-order valence-corrected chi connectivity index (χ1v) is 5.92. The summed E-state index contributed by atoms with van der Waals surface area (Å²) >= 11 is 6.01. The van der Waals surface area contributed by atoms with Gasteiger partial charge in [0.2, 0.25) is 5.52 Å². The molecular weight excluding hydrogens is 347 g/mol. The number of hydrogen-bond acceptors (Lipinski definition) is 1. The smallest absolute Gasteiger partial charge is 0.215 e. The fourth-order valence-electron chi connectivity index (χ4n) is 1.79. The molecule has 0 saturated heterocycles. The molecule has 0 radical (unpaired) electrons. The Morgan fingerprint density at radius 2 is 2.06 bits per heavy atom. The van der Waals surface area contributed by atoms with Gasteiger partial charge in [-0.15, -0.1) is 0 Å². The van der Waals surface area contributed by atoms with Gasteiger partial charge in [0.15, 0.2) is 6.20 Å². The number of fused-ring (bicyclic) bond motifs is 1. The highest BCUT2D eigenvalue weighted by molar-refractivity contribution is 6.31. The average molecular weight is 363 g/mol. The number of hydrogen-bond donors (Lipinski definition) is 1. The summed E-state index contributed by atoms with van der Waals surface area (Å²) in [6.07, 6.45) is 3.17. The molecule has 17 heavy (non-hydrogen) atoms. The third-order valence-electron chi connectivity index (χ3n) is 2.66. The maximum Gasteiger partial charge on any atom is 0.215 e. The monoisotopic (exact) mass is 362 g/mol. The van der Waals surface area contributed by atoms with E-state index in [1.807, 2.05) is 19.2 Å². The summed E-state index contributed by atoms with van der Waals surface area (Å²) in [5.41, 5.74) is 2.32. The Kier molecular flexibility index (Phi) is 5.46. The van der Waals surface area contributed by atoms with Gasteiger partial charge in [-0.25, -0.2) is 4.57 Å². The lowest BCUT2D eigenvalue weighted by molar-refractivity contribution is -0.644. The lowest BCUT2D eigenvalue weighted by Crippen LogP contribution is -3.00. The van der Waals surface area contributed by atoms with Crippen molar-refractivity contribution in [1.29, 1.82) is 0 Å². The minimum Gasteiger partial charge on any atom is -1.00 e. The molecule has 0 bridgehead atoms. The summed E-state index contributed by atoms with van der Waals surface area (Å²) in [4.78, 5) is 0. The van der Waals surface area contributed by atoms with Crippen LogP contribution in [0, 0.1) is 0 Å². The Morgan fingerprint density at radius 1 is 1.29 bits per heavy atom. The van der Waals surface area contributed by atoms with Crippen molar-refractivity contribution in [1.82, 2.24) is 0 Å². The van der Waals surface area contributed by atoms with Gasteiger partial charge in [-0.3, -0.25) is 0 Å². The third-order valence-corrected chi connectivity index (χ3v) is 2.90. The zero-order valence-corrected chi connectivity index (χ0v) is 12.9. The predicted molar refractivity (Wildman–Crippen MR) is 68.9 cm³/mol. The van der Waals surface area contributed by atoms with Crippen molar-refractivity contribution in [3.63, 3.8) is 0 Å². The number of pyridine rings is 1. The zero-order chi connectivity index (χ0) is 11.5. The topological polar surface area (TPSA) is 15.9 Å². The summed E-state index contributed by atoms with van der Waals surface area (Å²) in [6, 6.07) is 8.09. The van der Waals surface area contributed by atoms with Crippen LogP contribution in [0.4, 0.5) is 5.69 Å². The third kappa shape index (κ3) is 3.22. The van der Waals surface area contributed by atoms with E-state index >= 15 is 0 Å². The normalized spacial score (nSPS) is 10.1. The van der Waals surface area contributed by atoms with Gasteiger partial charge >= 0.3 is 0 Å². The standard InChI is InChI=1S/C13H15ClN2.HI/c1-3-7-15-12-6-8-16(2)13-9-10(14)4-5-11(12)13;/h4-6,8-9H,3,7H2,1-2H3;1H. The molecule has 1 N–H and O–H groups in total. The molecule has 4 heteroatoms. The number of nitrogens with zero attached hydrogens (tertiary/aromatic N) is 1. The predicted octanol–water partition coefficient (Wildman–Crippen LogP) is 0.144. The van der Waals surface area contributed by atoms with Gasteiger partial charge in [0, 0.05) is 23.7 Å². The Hall–Kier alpha value is -0.550. The van der Waals surface area contributed by atoms with Crippen molar-refractivity contribution >= 4 is 28.2 Å². The minimum atomic E-state index is 0. The van der Waals surface area contributed by atoms with Gasteiger partial charge in [0.25, 0.3) is 0 Å². The van der Waals surface area contributed by atoms with E-state index in [1.165, 1.54) is 11.1 Å². The van der Waals surface area contributed by atoms with Crippen LogP contribution in [0.5, 0.6) is 0 Å². The molecule has 2 aromatic rings. The molecular formula is C13H16ClIN2. The Bertz CT molecular complexity index is 514. The van der Waals surface area contributed by atoms with Gasteiger partial charge in [0.05, 0.1) is 11.1 Å². The van der Waals surface area contributed by atoms with Crippen molar-refractivity contribution in [3.05, 3.63) is 35.5 Å². The summed E-state index contributed by atoms with van der Waals surface area (Å²) in [7, 11) is 2.03. The first kappa shape index (κ1) is 14.5. The van der Waals surface area contributed by atoms with Crippen molar-refractivity contribution in [3.8, 4) is 0 Å². The summed E-state index contributed by atoms with van der Waals surface area (Å²) in [6.45, 7) is 3.15. The maximum absolute atomic E-state index is 6.01.